The zero-order valence-corrected chi connectivity index (χ0v) is 23.4. The average molecular weight is 580 g/mol. The van der Waals surface area contributed by atoms with Crippen molar-refractivity contribution in [3.05, 3.63) is 90.0 Å². The number of rotatable bonds is 8. The summed E-state index contributed by atoms with van der Waals surface area (Å²) in [5, 5.41) is 10.1. The summed E-state index contributed by atoms with van der Waals surface area (Å²) in [5.41, 5.74) is -1.48. The van der Waals surface area contributed by atoms with Crippen molar-refractivity contribution in [2.75, 3.05) is 38.1 Å². The molecule has 1 aliphatic rings. The maximum atomic E-state index is 13.5. The molecular formula is C28H32F3N3O3S2. The largest absolute Gasteiger partial charge is 0.421 e. The van der Waals surface area contributed by atoms with Gasteiger partial charge in [0.2, 0.25) is 10.0 Å². The molecule has 0 spiro atoms. The molecule has 2 atom stereocenters. The first-order valence-electron chi connectivity index (χ1n) is 12.5. The Hall–Kier alpha value is -2.57. The minimum Gasteiger partial charge on any atom is -0.376 e. The van der Waals surface area contributed by atoms with Crippen molar-refractivity contribution in [2.45, 2.75) is 41.1 Å². The second-order valence-electron chi connectivity index (χ2n) is 9.98. The Morgan fingerprint density at radius 3 is 2.21 bits per heavy atom. The van der Waals surface area contributed by atoms with Gasteiger partial charge < -0.3 is 14.9 Å². The highest BCUT2D eigenvalue weighted by molar-refractivity contribution is 7.90. The topological polar surface area (TPSA) is 64.1 Å². The number of piperazine rings is 1. The number of nitrogens with zero attached hydrogens (tertiary/aromatic N) is 3. The summed E-state index contributed by atoms with van der Waals surface area (Å²) < 4.78 is 68.6. The predicted molar refractivity (Wildman–Crippen MR) is 148 cm³/mol. The Labute approximate surface area is 233 Å². The molecule has 0 bridgehead atoms. The van der Waals surface area contributed by atoms with Gasteiger partial charge in [0.25, 0.3) is 0 Å². The maximum Gasteiger partial charge on any atom is 0.421 e. The van der Waals surface area contributed by atoms with Gasteiger partial charge in [-0.15, -0.1) is 12.6 Å². The quantitative estimate of drug-likeness (QED) is 0.377. The van der Waals surface area contributed by atoms with Gasteiger partial charge in [-0.2, -0.15) is 17.5 Å². The summed E-state index contributed by atoms with van der Waals surface area (Å²) in [6.07, 6.45) is -4.82. The first-order chi connectivity index (χ1) is 18.3. The normalized spacial score (nSPS) is 18.8. The van der Waals surface area contributed by atoms with Gasteiger partial charge in [-0.25, -0.2) is 8.42 Å². The molecule has 0 unspecified atom stereocenters. The number of alkyl halides is 3. The van der Waals surface area contributed by atoms with Crippen LogP contribution < -0.4 is 4.90 Å². The summed E-state index contributed by atoms with van der Waals surface area (Å²) in [4.78, 5) is 4.62. The fourth-order valence-corrected chi connectivity index (χ4v) is 6.87. The molecule has 39 heavy (non-hydrogen) atoms. The second-order valence-corrected chi connectivity index (χ2v) is 12.4. The number of benzene rings is 3. The van der Waals surface area contributed by atoms with E-state index in [-0.39, 0.29) is 29.6 Å². The minimum absolute atomic E-state index is 0.136. The van der Waals surface area contributed by atoms with E-state index in [1.807, 2.05) is 42.3 Å². The summed E-state index contributed by atoms with van der Waals surface area (Å²) >= 11 is 4.35. The molecule has 0 aromatic heterocycles. The number of thiol groups is 1. The van der Waals surface area contributed by atoms with E-state index in [1.54, 1.807) is 30.3 Å². The zero-order valence-electron chi connectivity index (χ0n) is 21.7. The minimum atomic E-state index is -4.82. The van der Waals surface area contributed by atoms with Crippen LogP contribution in [0.5, 0.6) is 0 Å². The van der Waals surface area contributed by atoms with Crippen molar-refractivity contribution in [1.82, 2.24) is 9.21 Å². The third kappa shape index (κ3) is 6.44. The Morgan fingerprint density at radius 2 is 1.59 bits per heavy atom. The molecular weight excluding hydrogens is 547 g/mol. The molecule has 1 aliphatic heterocycles. The second kappa shape index (κ2) is 11.5. The molecule has 0 saturated carbocycles. The Balaban J connectivity index is 1.61. The molecule has 4 rings (SSSR count). The lowest BCUT2D eigenvalue weighted by Crippen LogP contribution is -2.58. The lowest BCUT2D eigenvalue weighted by molar-refractivity contribution is -0.258. The smallest absolute Gasteiger partial charge is 0.376 e. The molecule has 1 saturated heterocycles. The molecule has 3 aromatic carbocycles. The number of hydrogen-bond donors (Lipinski definition) is 2. The van der Waals surface area contributed by atoms with E-state index in [4.69, 9.17) is 0 Å². The van der Waals surface area contributed by atoms with E-state index in [9.17, 15) is 26.7 Å². The Morgan fingerprint density at radius 1 is 0.974 bits per heavy atom. The average Bonchev–Trinajstić information content (AvgIpc) is 2.89. The number of sulfonamides is 1. The Kier molecular flexibility index (Phi) is 8.67. The van der Waals surface area contributed by atoms with Crippen molar-refractivity contribution in [3.63, 3.8) is 0 Å². The van der Waals surface area contributed by atoms with Crippen LogP contribution >= 0.6 is 12.6 Å². The number of hydrogen-bond acceptors (Lipinski definition) is 6. The van der Waals surface area contributed by atoms with Crippen LogP contribution in [0.2, 0.25) is 0 Å². The fourth-order valence-electron chi connectivity index (χ4n) is 4.82. The zero-order chi connectivity index (χ0) is 28.4. The monoisotopic (exact) mass is 579 g/mol. The summed E-state index contributed by atoms with van der Waals surface area (Å²) in [5.74, 6) is 0. The van der Waals surface area contributed by atoms with E-state index in [0.29, 0.717) is 30.2 Å². The van der Waals surface area contributed by atoms with Gasteiger partial charge in [0.05, 0.1) is 10.9 Å². The molecule has 1 N–H and O–H groups in total. The summed E-state index contributed by atoms with van der Waals surface area (Å²) in [7, 11) is -1.86. The van der Waals surface area contributed by atoms with Crippen LogP contribution in [0, 0.1) is 0 Å². The third-order valence-electron chi connectivity index (χ3n) is 7.06. The molecule has 1 heterocycles. The third-order valence-corrected chi connectivity index (χ3v) is 9.52. The molecule has 0 amide bonds. The Bertz CT molecular complexity index is 1370. The van der Waals surface area contributed by atoms with Crippen LogP contribution in [0.3, 0.4) is 0 Å². The van der Waals surface area contributed by atoms with Crippen LogP contribution in [0.4, 0.5) is 18.9 Å². The highest BCUT2D eigenvalue weighted by Gasteiger charge is 2.51. The first kappa shape index (κ1) is 29.4. The fraction of sp³-hybridized carbons (Fsp3) is 0.357. The lowest BCUT2D eigenvalue weighted by atomic mass is 9.95. The molecule has 1 fully saturated rings. The molecule has 11 heteroatoms. The number of likely N-dealkylation sites (N-methyl/N-ethyl adjacent to an activating group) is 1. The van der Waals surface area contributed by atoms with E-state index in [1.165, 1.54) is 22.5 Å². The van der Waals surface area contributed by atoms with Crippen molar-refractivity contribution in [2.24, 2.45) is 0 Å². The predicted octanol–water partition coefficient (Wildman–Crippen LogP) is 4.76. The summed E-state index contributed by atoms with van der Waals surface area (Å²) in [6, 6.07) is 21.8. The van der Waals surface area contributed by atoms with Crippen LogP contribution in [-0.4, -0.2) is 68.2 Å². The van der Waals surface area contributed by atoms with Crippen LogP contribution in [-0.2, 0) is 22.2 Å². The van der Waals surface area contributed by atoms with Crippen LogP contribution in [0.15, 0.2) is 88.7 Å². The van der Waals surface area contributed by atoms with E-state index >= 15 is 0 Å². The SMILES string of the molecule is CN(Cc1ccccc1)C[C@H]1CN(S(=O)(=O)c2ccccc2S)CCN1c1ccc([C@](C)(O)C(F)(F)F)cc1. The molecule has 0 radical (unpaired) electrons. The highest BCUT2D eigenvalue weighted by Crippen LogP contribution is 2.39. The molecule has 3 aromatic rings. The van der Waals surface area contributed by atoms with Gasteiger partial charge in [-0.05, 0) is 49.4 Å². The van der Waals surface area contributed by atoms with Crippen molar-refractivity contribution < 1.29 is 26.7 Å². The standard InChI is InChI=1S/C28H32F3N3O3S2/c1-27(35,28(29,30)31)22-12-14-23(15-13-22)34-17-16-33(39(36,37)26-11-7-6-10-25(26)38)20-24(34)19-32(2)18-21-8-4-3-5-9-21/h3-15,24,35,38H,16-20H2,1-2H3/t24-,27-/m0/s1. The molecule has 0 aliphatic carbocycles. The number of anilines is 1. The van der Waals surface area contributed by atoms with Gasteiger partial charge >= 0.3 is 6.18 Å². The van der Waals surface area contributed by atoms with Gasteiger partial charge in [0.15, 0.2) is 5.60 Å². The lowest BCUT2D eigenvalue weighted by Gasteiger charge is -2.43. The molecule has 6 nitrogen and oxygen atoms in total. The number of aliphatic hydroxyl groups is 1. The molecule has 210 valence electrons. The van der Waals surface area contributed by atoms with E-state index in [2.05, 4.69) is 17.5 Å². The van der Waals surface area contributed by atoms with Crippen molar-refractivity contribution in [1.29, 1.82) is 0 Å². The highest BCUT2D eigenvalue weighted by atomic mass is 32.2. The van der Waals surface area contributed by atoms with Crippen molar-refractivity contribution >= 4 is 28.3 Å². The van der Waals surface area contributed by atoms with E-state index in [0.717, 1.165) is 12.5 Å². The van der Waals surface area contributed by atoms with Gasteiger partial charge in [-0.1, -0.05) is 54.6 Å². The van der Waals surface area contributed by atoms with Gasteiger partial charge in [-0.3, -0.25) is 0 Å². The summed E-state index contributed by atoms with van der Waals surface area (Å²) in [6.45, 7) is 2.60. The van der Waals surface area contributed by atoms with Crippen LogP contribution in [0.25, 0.3) is 0 Å². The first-order valence-corrected chi connectivity index (χ1v) is 14.4. The maximum absolute atomic E-state index is 13.5. The van der Waals surface area contributed by atoms with E-state index < -0.39 is 21.8 Å². The van der Waals surface area contributed by atoms with Crippen LogP contribution in [0.1, 0.15) is 18.1 Å². The van der Waals surface area contributed by atoms with Gasteiger partial charge in [0.1, 0.15) is 0 Å². The number of halogens is 3. The van der Waals surface area contributed by atoms with Crippen molar-refractivity contribution in [3.8, 4) is 0 Å². The van der Waals surface area contributed by atoms with Gasteiger partial charge in [0, 0.05) is 43.3 Å².